The van der Waals surface area contributed by atoms with Crippen LogP contribution in [-0.2, 0) is 6.18 Å². The molecule has 0 bridgehead atoms. The van der Waals surface area contributed by atoms with Crippen molar-refractivity contribution in [2.45, 2.75) is 50.5 Å². The molecule has 2 fully saturated rings. The smallest absolute Gasteiger partial charge is 0.381 e. The van der Waals surface area contributed by atoms with Gasteiger partial charge in [0.25, 0.3) is 0 Å². The van der Waals surface area contributed by atoms with Crippen LogP contribution in [0.4, 0.5) is 23.2 Å². The van der Waals surface area contributed by atoms with E-state index in [1.807, 2.05) is 0 Å². The third-order valence-electron chi connectivity index (χ3n) is 4.28. The van der Waals surface area contributed by atoms with Gasteiger partial charge in [-0.2, -0.15) is 13.2 Å². The Kier molecular flexibility index (Phi) is 3.59. The monoisotopic (exact) mass is 302 g/mol. The molecule has 1 aliphatic heterocycles. The highest BCUT2D eigenvalue weighted by Gasteiger charge is 2.39. The van der Waals surface area contributed by atoms with Gasteiger partial charge in [0.05, 0.1) is 5.56 Å². The van der Waals surface area contributed by atoms with Crippen molar-refractivity contribution in [3.05, 3.63) is 29.6 Å². The Morgan fingerprint density at radius 1 is 1.24 bits per heavy atom. The van der Waals surface area contributed by atoms with Gasteiger partial charge in [-0.05, 0) is 44.4 Å². The molecule has 0 spiro atoms. The van der Waals surface area contributed by atoms with E-state index in [4.69, 9.17) is 0 Å². The number of anilines is 1. The summed E-state index contributed by atoms with van der Waals surface area (Å²) in [7, 11) is 0. The summed E-state index contributed by atoms with van der Waals surface area (Å²) in [5, 5.41) is 3.12. The minimum absolute atomic E-state index is 0.118. The fraction of sp³-hybridized carbons (Fsp3) is 0.600. The van der Waals surface area contributed by atoms with Crippen LogP contribution in [0.1, 0.15) is 31.7 Å². The van der Waals surface area contributed by atoms with Gasteiger partial charge in [0.15, 0.2) is 0 Å². The van der Waals surface area contributed by atoms with Crippen LogP contribution in [0.25, 0.3) is 0 Å². The lowest BCUT2D eigenvalue weighted by Crippen LogP contribution is -2.31. The van der Waals surface area contributed by atoms with Crippen molar-refractivity contribution in [2.24, 2.45) is 0 Å². The molecule has 6 heteroatoms. The molecule has 2 atom stereocenters. The lowest BCUT2D eigenvalue weighted by Gasteiger charge is -2.20. The van der Waals surface area contributed by atoms with Gasteiger partial charge in [0.2, 0.25) is 0 Å². The molecule has 1 N–H and O–H groups in total. The Bertz CT molecular complexity index is 525. The average molecular weight is 302 g/mol. The second kappa shape index (κ2) is 5.16. The lowest BCUT2D eigenvalue weighted by molar-refractivity contribution is -0.139. The zero-order valence-electron chi connectivity index (χ0n) is 11.8. The van der Waals surface area contributed by atoms with Crippen LogP contribution >= 0.6 is 0 Å². The number of benzene rings is 1. The number of hydrogen-bond acceptors (Lipinski definition) is 2. The van der Waals surface area contributed by atoms with Crippen LogP contribution in [0.3, 0.4) is 0 Å². The van der Waals surface area contributed by atoms with Crippen LogP contribution in [0.15, 0.2) is 18.2 Å². The number of alkyl halides is 3. The first-order valence-corrected chi connectivity index (χ1v) is 7.23. The fourth-order valence-corrected chi connectivity index (χ4v) is 3.14. The number of nitrogens with one attached hydrogen (secondary N) is 1. The van der Waals surface area contributed by atoms with E-state index in [0.717, 1.165) is 25.1 Å². The normalized spacial score (nSPS) is 27.1. The molecule has 21 heavy (non-hydrogen) atoms. The van der Waals surface area contributed by atoms with Crippen molar-refractivity contribution in [3.8, 4) is 0 Å². The maximum absolute atomic E-state index is 13.3. The Balaban J connectivity index is 1.71. The Hall–Kier alpha value is -1.30. The Morgan fingerprint density at radius 3 is 2.57 bits per heavy atom. The predicted octanol–water partition coefficient (Wildman–Crippen LogP) is 3.88. The summed E-state index contributed by atoms with van der Waals surface area (Å²) in [4.78, 5) is 2.41. The molecule has 1 aromatic rings. The van der Waals surface area contributed by atoms with E-state index in [9.17, 15) is 17.6 Å². The van der Waals surface area contributed by atoms with Crippen molar-refractivity contribution in [2.75, 3.05) is 11.9 Å². The zero-order chi connectivity index (χ0) is 15.2. The molecule has 0 amide bonds. The number of hydrogen-bond donors (Lipinski definition) is 1. The Labute approximate surface area is 121 Å². The van der Waals surface area contributed by atoms with Crippen LogP contribution in [0.5, 0.6) is 0 Å². The molecule has 2 nitrogen and oxygen atoms in total. The van der Waals surface area contributed by atoms with Crippen molar-refractivity contribution in [1.82, 2.24) is 4.90 Å². The number of likely N-dealkylation sites (tertiary alicyclic amines) is 1. The summed E-state index contributed by atoms with van der Waals surface area (Å²) in [5.41, 5.74) is -0.879. The van der Waals surface area contributed by atoms with E-state index in [-0.39, 0.29) is 6.04 Å². The molecule has 1 heterocycles. The van der Waals surface area contributed by atoms with E-state index in [1.54, 1.807) is 0 Å². The lowest BCUT2D eigenvalue weighted by atomic mass is 10.1. The van der Waals surface area contributed by atoms with Gasteiger partial charge in [-0.3, -0.25) is 4.90 Å². The molecule has 1 saturated carbocycles. The molecule has 1 aromatic carbocycles. The molecule has 2 unspecified atom stereocenters. The SMILES string of the molecule is CC1CC(Nc2ccc(F)c(C(F)(F)F)c2)CN1C1CC1. The Morgan fingerprint density at radius 2 is 1.95 bits per heavy atom. The molecule has 1 saturated heterocycles. The van der Waals surface area contributed by atoms with Gasteiger partial charge in [0.1, 0.15) is 5.82 Å². The molecule has 3 rings (SSSR count). The summed E-state index contributed by atoms with van der Waals surface area (Å²) in [5.74, 6) is -1.23. The van der Waals surface area contributed by atoms with Crippen LogP contribution in [0, 0.1) is 5.82 Å². The van der Waals surface area contributed by atoms with E-state index < -0.39 is 17.6 Å². The highest BCUT2D eigenvalue weighted by molar-refractivity contribution is 5.48. The van der Waals surface area contributed by atoms with Crippen molar-refractivity contribution in [1.29, 1.82) is 0 Å². The second-order valence-corrected chi connectivity index (χ2v) is 6.05. The molecule has 1 aliphatic carbocycles. The molecule has 0 aromatic heterocycles. The summed E-state index contributed by atoms with van der Waals surface area (Å²) >= 11 is 0. The maximum atomic E-state index is 13.3. The van der Waals surface area contributed by atoms with Crippen LogP contribution < -0.4 is 5.32 Å². The number of rotatable bonds is 3. The van der Waals surface area contributed by atoms with E-state index in [1.165, 1.54) is 18.9 Å². The third-order valence-corrected chi connectivity index (χ3v) is 4.28. The first kappa shape index (κ1) is 14.6. The van der Waals surface area contributed by atoms with Crippen LogP contribution in [-0.4, -0.2) is 29.6 Å². The second-order valence-electron chi connectivity index (χ2n) is 6.05. The maximum Gasteiger partial charge on any atom is 0.419 e. The zero-order valence-corrected chi connectivity index (χ0v) is 11.8. The van der Waals surface area contributed by atoms with Gasteiger partial charge in [-0.1, -0.05) is 0 Å². The summed E-state index contributed by atoms with van der Waals surface area (Å²) in [6.07, 6.45) is -1.34. The van der Waals surface area contributed by atoms with Gasteiger partial charge in [0, 0.05) is 30.4 Å². The predicted molar refractivity (Wildman–Crippen MR) is 72.6 cm³/mol. The van der Waals surface area contributed by atoms with Crippen molar-refractivity contribution < 1.29 is 17.6 Å². The molecule has 0 radical (unpaired) electrons. The van der Waals surface area contributed by atoms with Gasteiger partial charge in [-0.25, -0.2) is 4.39 Å². The van der Waals surface area contributed by atoms with E-state index in [0.29, 0.717) is 17.8 Å². The first-order valence-electron chi connectivity index (χ1n) is 7.23. The van der Waals surface area contributed by atoms with Crippen molar-refractivity contribution in [3.63, 3.8) is 0 Å². The molecular formula is C15H18F4N2. The molecule has 116 valence electrons. The minimum atomic E-state index is -4.66. The quantitative estimate of drug-likeness (QED) is 0.852. The minimum Gasteiger partial charge on any atom is -0.381 e. The summed E-state index contributed by atoms with van der Waals surface area (Å²) in [6, 6.07) is 4.31. The summed E-state index contributed by atoms with van der Waals surface area (Å²) in [6.45, 7) is 2.98. The first-order chi connectivity index (χ1) is 9.84. The van der Waals surface area contributed by atoms with Crippen molar-refractivity contribution >= 4 is 5.69 Å². The number of nitrogens with zero attached hydrogens (tertiary/aromatic N) is 1. The average Bonchev–Trinajstić information content (AvgIpc) is 3.15. The largest absolute Gasteiger partial charge is 0.419 e. The highest BCUT2D eigenvalue weighted by atomic mass is 19.4. The van der Waals surface area contributed by atoms with Crippen LogP contribution in [0.2, 0.25) is 0 Å². The topological polar surface area (TPSA) is 15.3 Å². The van der Waals surface area contributed by atoms with E-state index in [2.05, 4.69) is 17.1 Å². The fourth-order valence-electron chi connectivity index (χ4n) is 3.14. The molecular weight excluding hydrogens is 284 g/mol. The summed E-state index contributed by atoms with van der Waals surface area (Å²) < 4.78 is 51.4. The third kappa shape index (κ3) is 3.15. The highest BCUT2D eigenvalue weighted by Crippen LogP contribution is 2.36. The standard InChI is InChI=1S/C15H18F4N2/c1-9-6-11(8-21(9)12-3-4-12)20-10-2-5-14(16)13(7-10)15(17,18)19/h2,5,7,9,11-12,20H,3-4,6,8H2,1H3. The number of halogens is 4. The van der Waals surface area contributed by atoms with Gasteiger partial charge in [-0.15, -0.1) is 0 Å². The van der Waals surface area contributed by atoms with Gasteiger partial charge >= 0.3 is 6.18 Å². The molecule has 2 aliphatic rings. The van der Waals surface area contributed by atoms with Gasteiger partial charge < -0.3 is 5.32 Å². The van der Waals surface area contributed by atoms with E-state index >= 15 is 0 Å².